The molecular weight excluding hydrogens is 617 g/mol. The van der Waals surface area contributed by atoms with Crippen molar-refractivity contribution < 1.29 is 20.1 Å². The van der Waals surface area contributed by atoms with Crippen molar-refractivity contribution >= 4 is 29.4 Å². The molecule has 36 heavy (non-hydrogen) atoms. The van der Waals surface area contributed by atoms with Crippen LogP contribution in [-0.4, -0.2) is 17.4 Å². The van der Waals surface area contributed by atoms with Crippen molar-refractivity contribution in [2.45, 2.75) is 20.3 Å². The minimum Gasteiger partial charge on any atom is -0.471 e. The van der Waals surface area contributed by atoms with Gasteiger partial charge in [0.15, 0.2) is 0 Å². The number of aromatic nitrogens is 1. The zero-order valence-corrected chi connectivity index (χ0v) is 22.7. The summed E-state index contributed by atoms with van der Waals surface area (Å²) in [6.45, 7) is 4.61. The first-order valence-electron chi connectivity index (χ1n) is 11.9. The van der Waals surface area contributed by atoms with Gasteiger partial charge >= 0.3 is 0 Å². The molecule has 3 heterocycles. The third kappa shape index (κ3) is 5.81. The van der Waals surface area contributed by atoms with Crippen LogP contribution in [0.25, 0.3) is 0 Å². The summed E-state index contributed by atoms with van der Waals surface area (Å²) < 4.78 is 0. The average Bonchev–Trinajstić information content (AvgIpc) is 3.35. The third-order valence-electron chi connectivity index (χ3n) is 6.23. The van der Waals surface area contributed by atoms with E-state index in [0.717, 1.165) is 29.2 Å². The maximum atomic E-state index is 4.61. The van der Waals surface area contributed by atoms with E-state index < -0.39 is 0 Å². The molecule has 2 aliphatic heterocycles. The van der Waals surface area contributed by atoms with Gasteiger partial charge in [-0.3, -0.25) is 0 Å². The van der Waals surface area contributed by atoms with Crippen LogP contribution in [0.1, 0.15) is 22.3 Å². The Bertz CT molecular complexity index is 1360. The molecule has 6 rings (SSSR count). The van der Waals surface area contributed by atoms with E-state index in [0.29, 0.717) is 0 Å². The van der Waals surface area contributed by atoms with E-state index >= 15 is 0 Å². The van der Waals surface area contributed by atoms with Crippen molar-refractivity contribution in [3.63, 3.8) is 0 Å². The molecule has 0 aliphatic carbocycles. The van der Waals surface area contributed by atoms with Crippen molar-refractivity contribution in [3.05, 3.63) is 144 Å². The van der Waals surface area contributed by atoms with Crippen LogP contribution in [0.2, 0.25) is 0 Å². The number of benzene rings is 3. The van der Waals surface area contributed by atoms with Gasteiger partial charge < -0.3 is 14.9 Å². The maximum Gasteiger partial charge on any atom is 0.204 e. The van der Waals surface area contributed by atoms with Gasteiger partial charge in [0.25, 0.3) is 0 Å². The van der Waals surface area contributed by atoms with E-state index in [9.17, 15) is 0 Å². The summed E-state index contributed by atoms with van der Waals surface area (Å²) >= 11 is 0. The SMILES string of the molecule is Cc1cccc(C)c1B1C=[C-]N(c2ccccn2)C=C1.[Ir].[c-]1ccccc1C1=Nc2ccccc2C1. The molecule has 1 radical (unpaired) electrons. The zero-order valence-electron chi connectivity index (χ0n) is 20.4. The van der Waals surface area contributed by atoms with Gasteiger partial charge in [0.2, 0.25) is 6.71 Å². The smallest absolute Gasteiger partial charge is 0.204 e. The van der Waals surface area contributed by atoms with Gasteiger partial charge in [0.1, 0.15) is 0 Å². The number of hydrogen-bond acceptors (Lipinski definition) is 3. The van der Waals surface area contributed by atoms with Gasteiger partial charge in [-0.1, -0.05) is 65.1 Å². The summed E-state index contributed by atoms with van der Waals surface area (Å²) in [6, 6.07) is 31.8. The molecule has 0 bridgehead atoms. The van der Waals surface area contributed by atoms with E-state index in [1.54, 1.807) is 6.20 Å². The molecule has 0 atom stereocenters. The number of pyridine rings is 1. The molecule has 2 aliphatic rings. The van der Waals surface area contributed by atoms with Crippen LogP contribution in [0.3, 0.4) is 0 Å². The number of aliphatic imine (C=N–C) groups is 1. The standard InChI is InChI=1S/C17H16BN2.C14H10N.Ir/c1-14-6-5-7-15(2)17(14)18-9-12-20(13-10-18)16-8-3-4-11-19-16;1-2-6-11(7-3-1)14-10-12-8-4-5-9-13(12)15-14;/h3-12H,1-2H3;1-6,8-9H,10H2;/q2*-1;. The summed E-state index contributed by atoms with van der Waals surface area (Å²) in [5.41, 5.74) is 8.66. The molecule has 3 nitrogen and oxygen atoms in total. The second-order valence-corrected chi connectivity index (χ2v) is 8.67. The minimum atomic E-state index is 0. The first-order valence-corrected chi connectivity index (χ1v) is 11.9. The van der Waals surface area contributed by atoms with Crippen LogP contribution in [0.5, 0.6) is 0 Å². The Kier molecular flexibility index (Phi) is 8.48. The number of anilines is 1. The Hall–Kier alpha value is -3.53. The van der Waals surface area contributed by atoms with Crippen LogP contribution in [0.15, 0.2) is 114 Å². The predicted molar refractivity (Wildman–Crippen MR) is 147 cm³/mol. The normalized spacial score (nSPS) is 13.3. The van der Waals surface area contributed by atoms with Gasteiger partial charge in [0, 0.05) is 32.1 Å². The average molecular weight is 644 g/mol. The van der Waals surface area contributed by atoms with Crippen molar-refractivity contribution in [2.24, 2.45) is 4.99 Å². The molecule has 1 aromatic heterocycles. The molecule has 0 amide bonds. The van der Waals surface area contributed by atoms with Gasteiger partial charge in [-0.25, -0.2) is 0 Å². The molecule has 0 saturated carbocycles. The van der Waals surface area contributed by atoms with Crippen molar-refractivity contribution in [2.75, 3.05) is 4.90 Å². The number of rotatable bonds is 3. The van der Waals surface area contributed by atoms with Crippen molar-refractivity contribution in [3.8, 4) is 0 Å². The monoisotopic (exact) mass is 644 g/mol. The first kappa shape index (κ1) is 25.6. The molecule has 179 valence electrons. The Morgan fingerprint density at radius 2 is 1.64 bits per heavy atom. The number of aryl methyl sites for hydroxylation is 2. The van der Waals surface area contributed by atoms with E-state index in [4.69, 9.17) is 0 Å². The Morgan fingerprint density at radius 1 is 0.861 bits per heavy atom. The minimum absolute atomic E-state index is 0. The summed E-state index contributed by atoms with van der Waals surface area (Å²) in [5.74, 6) is 5.19. The van der Waals surface area contributed by atoms with Gasteiger partial charge in [-0.05, 0) is 43.7 Å². The van der Waals surface area contributed by atoms with Gasteiger partial charge in [-0.15, -0.1) is 60.2 Å². The van der Waals surface area contributed by atoms with Gasteiger partial charge in [-0.2, -0.15) is 0 Å². The van der Waals surface area contributed by atoms with E-state index in [2.05, 4.69) is 90.5 Å². The first-order chi connectivity index (χ1) is 17.2. The van der Waals surface area contributed by atoms with Crippen LogP contribution in [-0.2, 0) is 26.5 Å². The molecule has 0 fully saturated rings. The number of para-hydroxylation sites is 1. The number of nitrogens with zero attached hydrogens (tertiary/aromatic N) is 3. The predicted octanol–water partition coefficient (Wildman–Crippen LogP) is 5.99. The van der Waals surface area contributed by atoms with Crippen LogP contribution >= 0.6 is 0 Å². The fourth-order valence-corrected chi connectivity index (χ4v) is 4.47. The molecular formula is C31H26BIrN3-2. The second-order valence-electron chi connectivity index (χ2n) is 8.67. The fourth-order valence-electron chi connectivity index (χ4n) is 4.47. The Morgan fingerprint density at radius 3 is 2.31 bits per heavy atom. The largest absolute Gasteiger partial charge is 0.471 e. The van der Waals surface area contributed by atoms with Crippen LogP contribution in [0.4, 0.5) is 11.5 Å². The molecule has 0 N–H and O–H groups in total. The van der Waals surface area contributed by atoms with Crippen LogP contribution < -0.4 is 10.4 Å². The maximum absolute atomic E-state index is 4.61. The van der Waals surface area contributed by atoms with E-state index in [1.807, 2.05) is 53.6 Å². The molecule has 0 saturated heterocycles. The van der Waals surface area contributed by atoms with Crippen LogP contribution in [0, 0.1) is 26.1 Å². The summed E-state index contributed by atoms with van der Waals surface area (Å²) in [6.07, 6.45) is 8.06. The van der Waals surface area contributed by atoms with E-state index in [1.165, 1.54) is 22.2 Å². The molecule has 0 unspecified atom stereocenters. The molecule has 5 heteroatoms. The van der Waals surface area contributed by atoms with Crippen molar-refractivity contribution in [1.29, 1.82) is 0 Å². The quantitative estimate of drug-likeness (QED) is 0.203. The Labute approximate surface area is 227 Å². The second kappa shape index (κ2) is 11.9. The molecule has 3 aromatic carbocycles. The topological polar surface area (TPSA) is 28.5 Å². The molecule has 4 aromatic rings. The van der Waals surface area contributed by atoms with Gasteiger partial charge in [0.05, 0.1) is 5.69 Å². The summed E-state index contributed by atoms with van der Waals surface area (Å²) in [4.78, 5) is 10.9. The molecule has 0 spiro atoms. The zero-order chi connectivity index (χ0) is 24.0. The van der Waals surface area contributed by atoms with Crippen molar-refractivity contribution in [1.82, 2.24) is 4.98 Å². The number of hydrogen-bond donors (Lipinski definition) is 0. The summed E-state index contributed by atoms with van der Waals surface area (Å²) in [5, 5.41) is 0. The van der Waals surface area contributed by atoms with E-state index in [-0.39, 0.29) is 26.8 Å². The number of fused-ring (bicyclic) bond motifs is 1. The third-order valence-corrected chi connectivity index (χ3v) is 6.23. The summed E-state index contributed by atoms with van der Waals surface area (Å²) in [7, 11) is 0. The fraction of sp³-hybridized carbons (Fsp3) is 0.0968. The Balaban J connectivity index is 0.000000170.